The van der Waals surface area contributed by atoms with Crippen LogP contribution in [0.15, 0.2) is 17.6 Å². The molecule has 0 aliphatic heterocycles. The van der Waals surface area contributed by atoms with Crippen LogP contribution in [0.3, 0.4) is 0 Å². The number of hydrogen-bond acceptors (Lipinski definition) is 7. The van der Waals surface area contributed by atoms with E-state index in [9.17, 15) is 4.79 Å². The van der Waals surface area contributed by atoms with Crippen LogP contribution in [-0.2, 0) is 10.5 Å². The minimum absolute atomic E-state index is 0.204. The van der Waals surface area contributed by atoms with Gasteiger partial charge in [-0.05, 0) is 12.8 Å². The van der Waals surface area contributed by atoms with E-state index in [2.05, 4.69) is 29.9 Å². The van der Waals surface area contributed by atoms with Crippen LogP contribution < -0.4 is 0 Å². The van der Waals surface area contributed by atoms with Gasteiger partial charge in [-0.1, -0.05) is 11.8 Å². The van der Waals surface area contributed by atoms with Crippen LogP contribution in [0, 0.1) is 0 Å². The zero-order chi connectivity index (χ0) is 13.9. The number of esters is 1. The number of thioether (sulfide) groups is 1. The Balaban J connectivity index is 1.58. The lowest BCUT2D eigenvalue weighted by atomic mass is 10.4. The molecule has 0 atom stereocenters. The molecular weight excluding hydrogens is 278 g/mol. The van der Waals surface area contributed by atoms with Gasteiger partial charge in [0.2, 0.25) is 5.16 Å². The number of carbonyl (C=O) groups is 1. The lowest BCUT2D eigenvalue weighted by molar-refractivity contribution is 0.0593. The molecule has 2 aromatic rings. The molecule has 0 unspecified atom stereocenters. The van der Waals surface area contributed by atoms with E-state index in [0.717, 1.165) is 11.5 Å². The van der Waals surface area contributed by atoms with Gasteiger partial charge in [-0.2, -0.15) is 0 Å². The molecule has 0 radical (unpaired) electrons. The van der Waals surface area contributed by atoms with Crippen LogP contribution in [0.4, 0.5) is 0 Å². The first-order valence-corrected chi connectivity index (χ1v) is 7.19. The van der Waals surface area contributed by atoms with Crippen LogP contribution in [0.2, 0.25) is 0 Å². The molecule has 8 heteroatoms. The minimum atomic E-state index is -0.486. The number of nitrogens with one attached hydrogen (secondary N) is 1. The van der Waals surface area contributed by atoms with Crippen molar-refractivity contribution in [3.8, 4) is 0 Å². The summed E-state index contributed by atoms with van der Waals surface area (Å²) < 4.78 is 4.57. The van der Waals surface area contributed by atoms with Crippen LogP contribution >= 0.6 is 11.8 Å². The molecule has 1 aliphatic carbocycles. The molecule has 20 heavy (non-hydrogen) atoms. The zero-order valence-corrected chi connectivity index (χ0v) is 11.7. The van der Waals surface area contributed by atoms with Crippen molar-refractivity contribution < 1.29 is 9.53 Å². The van der Waals surface area contributed by atoms with Crippen molar-refractivity contribution in [2.45, 2.75) is 29.7 Å². The molecular formula is C12H13N5O2S. The molecule has 1 N–H and O–H groups in total. The van der Waals surface area contributed by atoms with Crippen molar-refractivity contribution in [3.63, 3.8) is 0 Å². The third-order valence-electron chi connectivity index (χ3n) is 2.90. The number of ether oxygens (including phenoxy) is 1. The molecule has 1 aliphatic rings. The van der Waals surface area contributed by atoms with Gasteiger partial charge in [0.05, 0.1) is 25.2 Å². The van der Waals surface area contributed by atoms with E-state index in [4.69, 9.17) is 0 Å². The fraction of sp³-hybridized carbons (Fsp3) is 0.417. The average Bonchev–Trinajstić information content (AvgIpc) is 3.24. The standard InChI is InChI=1S/C12H13N5O2S/c1-19-11(18)9-5-13-8(4-14-9)6-20-12-15-10(16-17-12)7-2-3-7/h4-5,7H,2-3,6H2,1H3,(H,15,16,17). The Labute approximate surface area is 119 Å². The van der Waals surface area contributed by atoms with Gasteiger partial charge in [0.15, 0.2) is 5.69 Å². The van der Waals surface area contributed by atoms with E-state index in [-0.39, 0.29) is 5.69 Å². The van der Waals surface area contributed by atoms with Gasteiger partial charge in [-0.15, -0.1) is 5.10 Å². The minimum Gasteiger partial charge on any atom is -0.464 e. The van der Waals surface area contributed by atoms with Gasteiger partial charge >= 0.3 is 5.97 Å². The maximum absolute atomic E-state index is 11.2. The van der Waals surface area contributed by atoms with E-state index in [1.165, 1.54) is 37.9 Å². The number of nitrogens with zero attached hydrogens (tertiary/aromatic N) is 4. The quantitative estimate of drug-likeness (QED) is 0.659. The first kappa shape index (κ1) is 13.0. The Kier molecular flexibility index (Phi) is 3.64. The van der Waals surface area contributed by atoms with Crippen LogP contribution in [0.1, 0.15) is 40.8 Å². The van der Waals surface area contributed by atoms with Crippen LogP contribution in [0.5, 0.6) is 0 Å². The van der Waals surface area contributed by atoms with Crippen molar-refractivity contribution >= 4 is 17.7 Å². The number of carbonyl (C=O) groups excluding carboxylic acids is 1. The second-order valence-corrected chi connectivity index (χ2v) is 5.39. The average molecular weight is 291 g/mol. The summed E-state index contributed by atoms with van der Waals surface area (Å²) in [6, 6.07) is 0. The van der Waals surface area contributed by atoms with Crippen molar-refractivity contribution in [1.29, 1.82) is 0 Å². The Morgan fingerprint density at radius 1 is 1.45 bits per heavy atom. The SMILES string of the molecule is COC(=O)c1cnc(CSc2n[nH]c(C3CC3)n2)cn1. The topological polar surface area (TPSA) is 93.7 Å². The summed E-state index contributed by atoms with van der Waals surface area (Å²) in [4.78, 5) is 23.8. The van der Waals surface area contributed by atoms with Crippen molar-refractivity contribution in [2.75, 3.05) is 7.11 Å². The lowest BCUT2D eigenvalue weighted by Gasteiger charge is -1.99. The molecule has 0 bridgehead atoms. The van der Waals surface area contributed by atoms with E-state index in [1.807, 2.05) is 0 Å². The maximum Gasteiger partial charge on any atom is 0.358 e. The lowest BCUT2D eigenvalue weighted by Crippen LogP contribution is -2.05. The molecule has 2 aromatic heterocycles. The Bertz CT molecular complexity index is 609. The number of methoxy groups -OCH3 is 1. The fourth-order valence-corrected chi connectivity index (χ4v) is 2.34. The van der Waals surface area contributed by atoms with Gasteiger partial charge in [0, 0.05) is 11.7 Å². The highest BCUT2D eigenvalue weighted by Gasteiger charge is 2.27. The monoisotopic (exact) mass is 291 g/mol. The third kappa shape index (κ3) is 2.96. The molecule has 1 fully saturated rings. The first-order chi connectivity index (χ1) is 9.76. The number of rotatable bonds is 5. The molecule has 3 rings (SSSR count). The van der Waals surface area contributed by atoms with E-state index in [0.29, 0.717) is 16.8 Å². The second kappa shape index (κ2) is 5.58. The molecule has 0 amide bonds. The van der Waals surface area contributed by atoms with E-state index < -0.39 is 5.97 Å². The van der Waals surface area contributed by atoms with Gasteiger partial charge in [-0.3, -0.25) is 10.1 Å². The summed E-state index contributed by atoms with van der Waals surface area (Å²) in [5.74, 6) is 1.66. The number of H-pyrrole nitrogens is 1. The Morgan fingerprint density at radius 3 is 2.95 bits per heavy atom. The van der Waals surface area contributed by atoms with Gasteiger partial charge in [0.25, 0.3) is 0 Å². The summed E-state index contributed by atoms with van der Waals surface area (Å²) in [5.41, 5.74) is 0.968. The highest BCUT2D eigenvalue weighted by Crippen LogP contribution is 2.38. The van der Waals surface area contributed by atoms with Gasteiger partial charge < -0.3 is 4.74 Å². The van der Waals surface area contributed by atoms with Crippen LogP contribution in [-0.4, -0.2) is 38.2 Å². The highest BCUT2D eigenvalue weighted by atomic mass is 32.2. The van der Waals surface area contributed by atoms with Crippen molar-refractivity contribution in [3.05, 3.63) is 29.6 Å². The van der Waals surface area contributed by atoms with E-state index >= 15 is 0 Å². The first-order valence-electron chi connectivity index (χ1n) is 6.20. The molecule has 0 spiro atoms. The smallest absolute Gasteiger partial charge is 0.358 e. The summed E-state index contributed by atoms with van der Waals surface area (Å²) in [7, 11) is 1.31. The van der Waals surface area contributed by atoms with Crippen molar-refractivity contribution in [2.24, 2.45) is 0 Å². The highest BCUT2D eigenvalue weighted by molar-refractivity contribution is 7.98. The van der Waals surface area contributed by atoms with Crippen LogP contribution in [0.25, 0.3) is 0 Å². The van der Waals surface area contributed by atoms with Gasteiger partial charge in [0.1, 0.15) is 5.82 Å². The Morgan fingerprint density at radius 2 is 2.30 bits per heavy atom. The zero-order valence-electron chi connectivity index (χ0n) is 10.9. The number of aromatic nitrogens is 5. The van der Waals surface area contributed by atoms with E-state index in [1.54, 1.807) is 6.20 Å². The molecule has 2 heterocycles. The Hall–Kier alpha value is -1.96. The molecule has 7 nitrogen and oxygen atoms in total. The largest absolute Gasteiger partial charge is 0.464 e. The second-order valence-electron chi connectivity index (χ2n) is 4.45. The summed E-state index contributed by atoms with van der Waals surface area (Å²) >= 11 is 1.49. The molecule has 0 aromatic carbocycles. The maximum atomic E-state index is 11.2. The molecule has 1 saturated carbocycles. The summed E-state index contributed by atoms with van der Waals surface area (Å²) in [5, 5.41) is 7.83. The predicted octanol–water partition coefficient (Wildman–Crippen LogP) is 1.55. The molecule has 0 saturated heterocycles. The summed E-state index contributed by atoms with van der Waals surface area (Å²) in [6.45, 7) is 0. The molecule has 104 valence electrons. The normalized spacial score (nSPS) is 14.2. The number of hydrogen-bond donors (Lipinski definition) is 1. The fourth-order valence-electron chi connectivity index (χ4n) is 1.64. The third-order valence-corrected chi connectivity index (χ3v) is 3.78. The summed E-state index contributed by atoms with van der Waals surface area (Å²) in [6.07, 6.45) is 5.36. The van der Waals surface area contributed by atoms with Gasteiger partial charge in [-0.25, -0.2) is 14.8 Å². The van der Waals surface area contributed by atoms with Crippen molar-refractivity contribution in [1.82, 2.24) is 25.1 Å². The number of aromatic amines is 1. The predicted molar refractivity (Wildman–Crippen MR) is 71.3 cm³/mol.